The lowest BCUT2D eigenvalue weighted by molar-refractivity contribution is 0.251. The number of hydrogen-bond acceptors (Lipinski definition) is 7. The molecule has 0 radical (unpaired) electrons. The van der Waals surface area contributed by atoms with Crippen LogP contribution in [0.1, 0.15) is 53.8 Å². The first-order chi connectivity index (χ1) is 14.3. The molecule has 0 saturated carbocycles. The third-order valence-corrected chi connectivity index (χ3v) is 7.71. The molecule has 4 rings (SSSR count). The smallest absolute Gasteiger partial charge is 0.249 e. The van der Waals surface area contributed by atoms with Gasteiger partial charge in [0.05, 0.1) is 11.7 Å². The Morgan fingerprint density at radius 3 is 2.60 bits per heavy atom. The van der Waals surface area contributed by atoms with Crippen LogP contribution in [0.2, 0.25) is 0 Å². The predicted octanol–water partition coefficient (Wildman–Crippen LogP) is 3.68. The third kappa shape index (κ3) is 3.52. The highest BCUT2D eigenvalue weighted by atomic mass is 32.2. The molecule has 9 heteroatoms. The molecule has 158 valence electrons. The maximum Gasteiger partial charge on any atom is 0.249 e. The van der Waals surface area contributed by atoms with Gasteiger partial charge in [-0.3, -0.25) is 4.98 Å². The summed E-state index contributed by atoms with van der Waals surface area (Å²) < 4.78 is 34.0. The van der Waals surface area contributed by atoms with Gasteiger partial charge in [0.15, 0.2) is 5.76 Å². The van der Waals surface area contributed by atoms with Crippen LogP contribution in [-0.2, 0) is 10.0 Å². The summed E-state index contributed by atoms with van der Waals surface area (Å²) >= 11 is 0. The Kier molecular flexibility index (Phi) is 5.42. The van der Waals surface area contributed by atoms with Gasteiger partial charge in [-0.1, -0.05) is 11.6 Å². The molecule has 30 heavy (non-hydrogen) atoms. The molecule has 1 fully saturated rings. The predicted molar refractivity (Wildman–Crippen MR) is 111 cm³/mol. The van der Waals surface area contributed by atoms with Gasteiger partial charge in [-0.15, -0.1) is 0 Å². The van der Waals surface area contributed by atoms with E-state index in [4.69, 9.17) is 9.51 Å². The van der Waals surface area contributed by atoms with Crippen LogP contribution in [0.15, 0.2) is 34.1 Å². The van der Waals surface area contributed by atoms with Gasteiger partial charge in [0.1, 0.15) is 16.4 Å². The second kappa shape index (κ2) is 7.88. The number of aryl methyl sites for hydroxylation is 4. The van der Waals surface area contributed by atoms with E-state index in [1.54, 1.807) is 36.7 Å². The highest BCUT2D eigenvalue weighted by molar-refractivity contribution is 7.89. The average molecular weight is 428 g/mol. The van der Waals surface area contributed by atoms with E-state index in [0.29, 0.717) is 30.2 Å². The second-order valence-corrected chi connectivity index (χ2v) is 9.51. The fourth-order valence-corrected chi connectivity index (χ4v) is 6.11. The van der Waals surface area contributed by atoms with Crippen molar-refractivity contribution in [2.75, 3.05) is 6.54 Å². The van der Waals surface area contributed by atoms with Crippen molar-refractivity contribution in [1.29, 1.82) is 0 Å². The number of sulfonamides is 1. The Morgan fingerprint density at radius 2 is 1.90 bits per heavy atom. The lowest BCUT2D eigenvalue weighted by atomic mass is 9.94. The molecular weight excluding hydrogens is 402 g/mol. The number of aromatic nitrogens is 4. The second-order valence-electron chi connectivity index (χ2n) is 7.69. The number of rotatable bonds is 4. The molecule has 0 amide bonds. The van der Waals surface area contributed by atoms with Crippen molar-refractivity contribution in [3.63, 3.8) is 0 Å². The molecule has 0 aromatic carbocycles. The van der Waals surface area contributed by atoms with Crippen molar-refractivity contribution in [3.05, 3.63) is 53.2 Å². The highest BCUT2D eigenvalue weighted by Crippen LogP contribution is 2.40. The highest BCUT2D eigenvalue weighted by Gasteiger charge is 2.39. The Morgan fingerprint density at radius 1 is 1.10 bits per heavy atom. The molecule has 8 nitrogen and oxygen atoms in total. The van der Waals surface area contributed by atoms with Crippen molar-refractivity contribution in [3.8, 4) is 11.1 Å². The fourth-order valence-electron chi connectivity index (χ4n) is 4.15. The zero-order chi connectivity index (χ0) is 21.5. The molecule has 0 N–H and O–H groups in total. The Labute approximate surface area is 176 Å². The molecule has 0 spiro atoms. The summed E-state index contributed by atoms with van der Waals surface area (Å²) in [6.45, 7) is 7.51. The minimum absolute atomic E-state index is 0.154. The van der Waals surface area contributed by atoms with Crippen molar-refractivity contribution >= 4 is 10.0 Å². The largest absolute Gasteiger partial charge is 0.360 e. The van der Waals surface area contributed by atoms with Crippen molar-refractivity contribution in [2.24, 2.45) is 0 Å². The van der Waals surface area contributed by atoms with Crippen LogP contribution in [0, 0.1) is 27.7 Å². The minimum Gasteiger partial charge on any atom is -0.360 e. The summed E-state index contributed by atoms with van der Waals surface area (Å²) in [7, 11) is -3.79. The molecular formula is C21H25N5O3S. The van der Waals surface area contributed by atoms with Gasteiger partial charge >= 0.3 is 0 Å². The van der Waals surface area contributed by atoms with Crippen LogP contribution < -0.4 is 0 Å². The Balaban J connectivity index is 1.87. The van der Waals surface area contributed by atoms with E-state index >= 15 is 0 Å². The van der Waals surface area contributed by atoms with E-state index in [-0.39, 0.29) is 10.9 Å². The zero-order valence-corrected chi connectivity index (χ0v) is 18.4. The van der Waals surface area contributed by atoms with Gasteiger partial charge in [0.25, 0.3) is 0 Å². The van der Waals surface area contributed by atoms with Gasteiger partial charge in [0, 0.05) is 30.7 Å². The molecule has 3 aromatic rings. The molecule has 3 aromatic heterocycles. The summed E-state index contributed by atoms with van der Waals surface area (Å²) in [5.74, 6) is 0.918. The summed E-state index contributed by atoms with van der Waals surface area (Å²) in [5.41, 5.74) is 3.89. The molecule has 0 aliphatic carbocycles. The van der Waals surface area contributed by atoms with E-state index in [1.807, 2.05) is 19.9 Å². The van der Waals surface area contributed by atoms with Crippen LogP contribution in [0.3, 0.4) is 0 Å². The van der Waals surface area contributed by atoms with E-state index in [1.165, 1.54) is 0 Å². The van der Waals surface area contributed by atoms with Crippen LogP contribution >= 0.6 is 0 Å². The standard InChI is InChI=1S/C21H25N5O3S/c1-13-11-22-9-8-17(13)18-12-23-16(4)24-20(18)19-7-5-6-10-26(19)30(27,28)21-14(2)25-29-15(21)3/h8-9,11-12,19H,5-7,10H2,1-4H3/t19-/m1/s1. The molecule has 0 bridgehead atoms. The number of piperidine rings is 1. The summed E-state index contributed by atoms with van der Waals surface area (Å²) in [6.07, 6.45) is 7.72. The first kappa shape index (κ1) is 20.6. The van der Waals surface area contributed by atoms with E-state index in [0.717, 1.165) is 35.2 Å². The Bertz CT molecular complexity index is 1170. The normalized spacial score (nSPS) is 17.9. The van der Waals surface area contributed by atoms with Crippen LogP contribution in [0.5, 0.6) is 0 Å². The number of hydrogen-bond donors (Lipinski definition) is 0. The van der Waals surface area contributed by atoms with Crippen molar-refractivity contribution < 1.29 is 12.9 Å². The summed E-state index contributed by atoms with van der Waals surface area (Å²) in [6, 6.07) is 1.53. The molecule has 1 saturated heterocycles. The van der Waals surface area contributed by atoms with Gasteiger partial charge in [-0.2, -0.15) is 4.31 Å². The third-order valence-electron chi connectivity index (χ3n) is 5.55. The Hall–Kier alpha value is -2.65. The van der Waals surface area contributed by atoms with Crippen LogP contribution in [0.4, 0.5) is 0 Å². The molecule has 1 aliphatic rings. The van der Waals surface area contributed by atoms with Crippen molar-refractivity contribution in [2.45, 2.75) is 57.9 Å². The fraction of sp³-hybridized carbons (Fsp3) is 0.429. The van der Waals surface area contributed by atoms with Crippen LogP contribution in [-0.4, -0.2) is 39.4 Å². The van der Waals surface area contributed by atoms with Gasteiger partial charge in [0.2, 0.25) is 10.0 Å². The van der Waals surface area contributed by atoms with E-state index in [9.17, 15) is 8.42 Å². The molecule has 1 aliphatic heterocycles. The lowest BCUT2D eigenvalue weighted by Gasteiger charge is -2.35. The summed E-state index contributed by atoms with van der Waals surface area (Å²) in [5, 5.41) is 3.85. The zero-order valence-electron chi connectivity index (χ0n) is 17.6. The average Bonchev–Trinajstić information content (AvgIpc) is 3.07. The number of pyridine rings is 1. The van der Waals surface area contributed by atoms with Crippen LogP contribution in [0.25, 0.3) is 11.1 Å². The first-order valence-electron chi connectivity index (χ1n) is 10.00. The molecule has 4 heterocycles. The minimum atomic E-state index is -3.79. The maximum absolute atomic E-state index is 13.6. The molecule has 0 unspecified atom stereocenters. The topological polar surface area (TPSA) is 102 Å². The van der Waals surface area contributed by atoms with Gasteiger partial charge < -0.3 is 4.52 Å². The number of nitrogens with zero attached hydrogens (tertiary/aromatic N) is 5. The molecule has 1 atom stereocenters. The SMILES string of the molecule is Cc1ncc(-c2ccncc2C)c([C@H]2CCCCN2S(=O)(=O)c2c(C)noc2C)n1. The van der Waals surface area contributed by atoms with Gasteiger partial charge in [-0.25, -0.2) is 18.4 Å². The maximum atomic E-state index is 13.6. The van der Waals surface area contributed by atoms with E-state index < -0.39 is 10.0 Å². The quantitative estimate of drug-likeness (QED) is 0.626. The van der Waals surface area contributed by atoms with Crippen molar-refractivity contribution in [1.82, 2.24) is 24.4 Å². The monoisotopic (exact) mass is 427 g/mol. The van der Waals surface area contributed by atoms with Gasteiger partial charge in [-0.05, 0) is 57.7 Å². The lowest BCUT2D eigenvalue weighted by Crippen LogP contribution is -2.39. The van der Waals surface area contributed by atoms with E-state index in [2.05, 4.69) is 15.1 Å². The first-order valence-corrected chi connectivity index (χ1v) is 11.4. The summed E-state index contributed by atoms with van der Waals surface area (Å²) in [4.78, 5) is 13.4.